The summed E-state index contributed by atoms with van der Waals surface area (Å²) in [6.07, 6.45) is -2.25. The number of rotatable bonds is 4. The van der Waals surface area contributed by atoms with Crippen molar-refractivity contribution in [2.45, 2.75) is 19.1 Å². The molecule has 1 saturated heterocycles. The highest BCUT2D eigenvalue weighted by Gasteiger charge is 2.45. The Hall–Kier alpha value is -3.41. The molecule has 1 aliphatic heterocycles. The Morgan fingerprint density at radius 2 is 1.88 bits per heavy atom. The van der Waals surface area contributed by atoms with E-state index in [1.165, 1.54) is 25.4 Å². The number of ether oxygens (including phenoxy) is 1. The van der Waals surface area contributed by atoms with E-state index in [9.17, 15) is 22.4 Å². The van der Waals surface area contributed by atoms with Crippen LogP contribution >= 0.6 is 0 Å². The van der Waals surface area contributed by atoms with E-state index in [1.54, 1.807) is 0 Å². The van der Waals surface area contributed by atoms with Crippen molar-refractivity contribution < 1.29 is 31.5 Å². The van der Waals surface area contributed by atoms with Crippen LogP contribution < -0.4 is 15.5 Å². The molecular formula is C20H19F4N5O3. The maximum atomic E-state index is 13.7. The highest BCUT2D eigenvalue weighted by Crippen LogP contribution is 2.38. The highest BCUT2D eigenvalue weighted by atomic mass is 19.4. The van der Waals surface area contributed by atoms with Gasteiger partial charge in [-0.2, -0.15) is 13.2 Å². The number of hydrogen-bond donors (Lipinski definition) is 2. The predicted molar refractivity (Wildman–Crippen MR) is 107 cm³/mol. The molecule has 1 aliphatic rings. The van der Waals surface area contributed by atoms with Gasteiger partial charge in [0.1, 0.15) is 17.2 Å². The number of nitrogens with one attached hydrogen (secondary N) is 2. The predicted octanol–water partition coefficient (Wildman–Crippen LogP) is 3.93. The lowest BCUT2D eigenvalue weighted by molar-refractivity contribution is -0.158. The lowest BCUT2D eigenvalue weighted by Gasteiger charge is -2.26. The third-order valence-electron chi connectivity index (χ3n) is 4.99. The number of furan rings is 1. The first-order chi connectivity index (χ1) is 15.2. The Balaban J connectivity index is 1.50. The number of carbonyl (C=O) groups is 1. The zero-order valence-corrected chi connectivity index (χ0v) is 16.9. The molecule has 2 amide bonds. The van der Waals surface area contributed by atoms with Crippen LogP contribution in [-0.2, 0) is 4.74 Å². The molecule has 4 rings (SSSR count). The number of amides is 2. The number of urea groups is 1. The number of anilines is 2. The molecular weight excluding hydrogens is 434 g/mol. The molecule has 0 bridgehead atoms. The third-order valence-corrected chi connectivity index (χ3v) is 4.99. The van der Waals surface area contributed by atoms with E-state index in [0.717, 1.165) is 12.1 Å². The van der Waals surface area contributed by atoms with Crippen molar-refractivity contribution in [2.75, 3.05) is 36.5 Å². The minimum absolute atomic E-state index is 0.0836. The molecule has 0 unspecified atom stereocenters. The zero-order valence-electron chi connectivity index (χ0n) is 16.9. The van der Waals surface area contributed by atoms with Crippen LogP contribution in [0.1, 0.15) is 17.4 Å². The summed E-state index contributed by atoms with van der Waals surface area (Å²) in [7, 11) is 0. The largest absolute Gasteiger partial charge is 0.458 e. The van der Waals surface area contributed by atoms with Crippen molar-refractivity contribution in [3.63, 3.8) is 0 Å². The summed E-state index contributed by atoms with van der Waals surface area (Å²) in [6, 6.07) is -0.161. The molecule has 2 N–H and O–H groups in total. The summed E-state index contributed by atoms with van der Waals surface area (Å²) in [4.78, 5) is 22.5. The molecule has 12 heteroatoms. The SMILES string of the molecule is Cc1c([C@H](NC(=O)Nc2cnc(N3CCOCC3)nc2)C(F)(F)F)oc2ccc(F)cc12. The number of aryl methyl sites for hydroxylation is 1. The van der Waals surface area contributed by atoms with Crippen LogP contribution in [0.3, 0.4) is 0 Å². The number of hydrogen-bond acceptors (Lipinski definition) is 6. The number of halogens is 4. The third kappa shape index (κ3) is 4.59. The first kappa shape index (κ1) is 21.8. The summed E-state index contributed by atoms with van der Waals surface area (Å²) in [5.41, 5.74) is 0.284. The Labute approximate surface area is 179 Å². The fraction of sp³-hybridized carbons (Fsp3) is 0.350. The van der Waals surface area contributed by atoms with E-state index >= 15 is 0 Å². The van der Waals surface area contributed by atoms with Crippen LogP contribution in [0.2, 0.25) is 0 Å². The lowest BCUT2D eigenvalue weighted by atomic mass is 10.1. The second-order valence-corrected chi connectivity index (χ2v) is 7.18. The monoisotopic (exact) mass is 453 g/mol. The van der Waals surface area contributed by atoms with Crippen LogP contribution in [0.4, 0.5) is 34.0 Å². The molecule has 8 nitrogen and oxygen atoms in total. The molecule has 1 aromatic carbocycles. The molecule has 0 aliphatic carbocycles. The van der Waals surface area contributed by atoms with Crippen molar-refractivity contribution in [1.82, 2.24) is 15.3 Å². The Kier molecular flexibility index (Phi) is 5.87. The number of morpholine rings is 1. The van der Waals surface area contributed by atoms with Gasteiger partial charge < -0.3 is 24.7 Å². The second kappa shape index (κ2) is 8.61. The molecule has 170 valence electrons. The van der Waals surface area contributed by atoms with E-state index in [0.29, 0.717) is 32.3 Å². The van der Waals surface area contributed by atoms with Gasteiger partial charge >= 0.3 is 12.2 Å². The van der Waals surface area contributed by atoms with E-state index < -0.39 is 29.8 Å². The quantitative estimate of drug-likeness (QED) is 0.582. The van der Waals surface area contributed by atoms with Crippen LogP contribution in [0.15, 0.2) is 35.0 Å². The topological polar surface area (TPSA) is 92.5 Å². The number of nitrogens with zero attached hydrogens (tertiary/aromatic N) is 3. The summed E-state index contributed by atoms with van der Waals surface area (Å²) < 4.78 is 65.3. The second-order valence-electron chi connectivity index (χ2n) is 7.18. The lowest BCUT2D eigenvalue weighted by Crippen LogP contribution is -2.40. The zero-order chi connectivity index (χ0) is 22.9. The first-order valence-corrected chi connectivity index (χ1v) is 9.70. The van der Waals surface area contributed by atoms with Gasteiger partial charge in [-0.1, -0.05) is 0 Å². The Bertz CT molecular complexity index is 1110. The molecule has 3 heterocycles. The average molecular weight is 453 g/mol. The van der Waals surface area contributed by atoms with Crippen LogP contribution in [0.5, 0.6) is 0 Å². The van der Waals surface area contributed by atoms with E-state index in [2.05, 4.69) is 15.3 Å². The van der Waals surface area contributed by atoms with Crippen molar-refractivity contribution >= 4 is 28.6 Å². The summed E-state index contributed by atoms with van der Waals surface area (Å²) in [5, 5.41) is 4.36. The smallest absolute Gasteiger partial charge is 0.416 e. The van der Waals surface area contributed by atoms with Gasteiger partial charge in [0.05, 0.1) is 31.3 Å². The van der Waals surface area contributed by atoms with Crippen molar-refractivity contribution in [1.29, 1.82) is 0 Å². The summed E-state index contributed by atoms with van der Waals surface area (Å²) in [6.45, 7) is 3.68. The molecule has 0 saturated carbocycles. The molecule has 2 aromatic heterocycles. The van der Waals surface area contributed by atoms with Crippen LogP contribution in [-0.4, -0.2) is 48.5 Å². The van der Waals surface area contributed by atoms with Gasteiger partial charge in [0.25, 0.3) is 0 Å². The molecule has 1 atom stereocenters. The van der Waals surface area contributed by atoms with Gasteiger partial charge in [0, 0.05) is 24.0 Å². The highest BCUT2D eigenvalue weighted by molar-refractivity contribution is 5.89. The van der Waals surface area contributed by atoms with Gasteiger partial charge in [-0.3, -0.25) is 0 Å². The standard InChI is InChI=1S/C20H19F4N5O3/c1-11-14-8-12(21)2-3-15(14)32-16(11)17(20(22,23)24)28-19(30)27-13-9-25-18(26-10-13)29-4-6-31-7-5-29/h2-3,8-10,17H,4-7H2,1H3,(H2,27,28,30)/t17-/m0/s1. The van der Waals surface area contributed by atoms with Crippen LogP contribution in [0, 0.1) is 12.7 Å². The number of fused-ring (bicyclic) bond motifs is 1. The molecule has 0 spiro atoms. The van der Waals surface area contributed by atoms with Crippen LogP contribution in [0.25, 0.3) is 11.0 Å². The Morgan fingerprint density at radius 3 is 2.53 bits per heavy atom. The van der Waals surface area contributed by atoms with Gasteiger partial charge in [0.2, 0.25) is 5.95 Å². The first-order valence-electron chi connectivity index (χ1n) is 9.70. The minimum atomic E-state index is -4.86. The van der Waals surface area contributed by atoms with E-state index in [4.69, 9.17) is 9.15 Å². The van der Waals surface area contributed by atoms with E-state index in [1.807, 2.05) is 10.2 Å². The molecule has 32 heavy (non-hydrogen) atoms. The average Bonchev–Trinajstić information content (AvgIpc) is 3.08. The maximum Gasteiger partial charge on any atom is 0.416 e. The summed E-state index contributed by atoms with van der Waals surface area (Å²) >= 11 is 0. The fourth-order valence-electron chi connectivity index (χ4n) is 3.39. The molecule has 3 aromatic rings. The summed E-state index contributed by atoms with van der Waals surface area (Å²) in [5.74, 6) is -0.701. The van der Waals surface area contributed by atoms with Crippen molar-refractivity contribution in [3.05, 3.63) is 47.7 Å². The maximum absolute atomic E-state index is 13.7. The van der Waals surface area contributed by atoms with Gasteiger partial charge in [0.15, 0.2) is 6.04 Å². The van der Waals surface area contributed by atoms with Gasteiger partial charge in [-0.05, 0) is 25.1 Å². The van der Waals surface area contributed by atoms with E-state index in [-0.39, 0.29) is 22.2 Å². The fourth-order valence-corrected chi connectivity index (χ4v) is 3.39. The number of benzene rings is 1. The minimum Gasteiger partial charge on any atom is -0.458 e. The number of aromatic nitrogens is 2. The molecule has 1 fully saturated rings. The van der Waals surface area contributed by atoms with Crippen molar-refractivity contribution in [2.24, 2.45) is 0 Å². The number of carbonyl (C=O) groups excluding carboxylic acids is 1. The van der Waals surface area contributed by atoms with Gasteiger partial charge in [-0.25, -0.2) is 19.2 Å². The Morgan fingerprint density at radius 1 is 1.19 bits per heavy atom. The van der Waals surface area contributed by atoms with Gasteiger partial charge in [-0.15, -0.1) is 0 Å². The normalized spacial score (nSPS) is 15.6. The van der Waals surface area contributed by atoms with Crippen molar-refractivity contribution in [3.8, 4) is 0 Å². The molecule has 0 radical (unpaired) electrons. The number of alkyl halides is 3.